The van der Waals surface area contributed by atoms with Crippen molar-refractivity contribution in [3.05, 3.63) is 28.8 Å². The first kappa shape index (κ1) is 17.3. The molecule has 0 spiro atoms. The van der Waals surface area contributed by atoms with Gasteiger partial charge in [0.05, 0.1) is 7.11 Å². The van der Waals surface area contributed by atoms with Crippen LogP contribution in [-0.2, 0) is 6.42 Å². The lowest BCUT2D eigenvalue weighted by atomic mass is 9.97. The van der Waals surface area contributed by atoms with Crippen LogP contribution in [0.4, 0.5) is 0 Å². The molecule has 114 valence electrons. The van der Waals surface area contributed by atoms with Crippen molar-refractivity contribution >= 4 is 11.6 Å². The summed E-state index contributed by atoms with van der Waals surface area (Å²) in [5, 5.41) is 4.42. The molecule has 1 aromatic carbocycles. The number of rotatable bonds is 9. The molecule has 0 aliphatic carbocycles. The van der Waals surface area contributed by atoms with E-state index in [9.17, 15) is 0 Å². The van der Waals surface area contributed by atoms with Gasteiger partial charge in [-0.05, 0) is 61.9 Å². The predicted octanol–water partition coefficient (Wildman–Crippen LogP) is 4.70. The summed E-state index contributed by atoms with van der Waals surface area (Å²) in [6.07, 6.45) is 4.55. The maximum Gasteiger partial charge on any atom is 0.122 e. The van der Waals surface area contributed by atoms with Gasteiger partial charge in [0.25, 0.3) is 0 Å². The van der Waals surface area contributed by atoms with Crippen LogP contribution in [0.5, 0.6) is 5.75 Å². The molecule has 1 atom stereocenters. The number of ether oxygens (including phenoxy) is 1. The fourth-order valence-corrected chi connectivity index (χ4v) is 2.53. The third kappa shape index (κ3) is 6.15. The van der Waals surface area contributed by atoms with Crippen molar-refractivity contribution in [3.63, 3.8) is 0 Å². The van der Waals surface area contributed by atoms with E-state index >= 15 is 0 Å². The third-order valence-corrected chi connectivity index (χ3v) is 3.72. The fourth-order valence-electron chi connectivity index (χ4n) is 2.33. The van der Waals surface area contributed by atoms with E-state index in [-0.39, 0.29) is 0 Å². The Balaban J connectivity index is 2.73. The van der Waals surface area contributed by atoms with Crippen LogP contribution in [0.25, 0.3) is 0 Å². The summed E-state index contributed by atoms with van der Waals surface area (Å²) >= 11 is 6.11. The van der Waals surface area contributed by atoms with Crippen LogP contribution in [0.3, 0.4) is 0 Å². The van der Waals surface area contributed by atoms with Gasteiger partial charge in [-0.1, -0.05) is 32.4 Å². The molecule has 0 amide bonds. The zero-order valence-electron chi connectivity index (χ0n) is 13.2. The van der Waals surface area contributed by atoms with E-state index in [1.165, 1.54) is 18.4 Å². The molecule has 0 saturated heterocycles. The Hall–Kier alpha value is -0.730. The van der Waals surface area contributed by atoms with Gasteiger partial charge in [0, 0.05) is 11.1 Å². The summed E-state index contributed by atoms with van der Waals surface area (Å²) in [4.78, 5) is 0. The highest BCUT2D eigenvalue weighted by Gasteiger charge is 2.13. The van der Waals surface area contributed by atoms with Gasteiger partial charge in [-0.25, -0.2) is 0 Å². The van der Waals surface area contributed by atoms with E-state index in [0.29, 0.717) is 6.04 Å². The molecule has 1 aromatic rings. The summed E-state index contributed by atoms with van der Waals surface area (Å²) in [7, 11) is 1.72. The molecule has 0 bridgehead atoms. The summed E-state index contributed by atoms with van der Waals surface area (Å²) in [5.41, 5.74) is 1.19. The molecule has 0 fully saturated rings. The SMILES string of the molecule is CCCNC(CCC(C)C)Cc1cc(Cl)ccc1OC. The smallest absolute Gasteiger partial charge is 0.122 e. The van der Waals surface area contributed by atoms with E-state index in [4.69, 9.17) is 16.3 Å². The Morgan fingerprint density at radius 1 is 1.25 bits per heavy atom. The van der Waals surface area contributed by atoms with Crippen LogP contribution in [0.1, 0.15) is 45.6 Å². The normalized spacial score (nSPS) is 12.7. The van der Waals surface area contributed by atoms with Gasteiger partial charge in [-0.3, -0.25) is 0 Å². The number of hydrogen-bond donors (Lipinski definition) is 1. The van der Waals surface area contributed by atoms with Gasteiger partial charge in [0.2, 0.25) is 0 Å². The largest absolute Gasteiger partial charge is 0.496 e. The number of hydrogen-bond acceptors (Lipinski definition) is 2. The van der Waals surface area contributed by atoms with Gasteiger partial charge < -0.3 is 10.1 Å². The molecule has 2 nitrogen and oxygen atoms in total. The van der Waals surface area contributed by atoms with Gasteiger partial charge in [0.1, 0.15) is 5.75 Å². The van der Waals surface area contributed by atoms with Crippen molar-refractivity contribution < 1.29 is 4.74 Å². The van der Waals surface area contributed by atoms with Crippen LogP contribution in [0.2, 0.25) is 5.02 Å². The summed E-state index contributed by atoms with van der Waals surface area (Å²) in [5.74, 6) is 1.67. The second kappa shape index (κ2) is 9.25. The molecule has 0 saturated carbocycles. The van der Waals surface area contributed by atoms with E-state index in [1.54, 1.807) is 7.11 Å². The molecule has 1 unspecified atom stereocenters. The van der Waals surface area contributed by atoms with Crippen molar-refractivity contribution in [2.75, 3.05) is 13.7 Å². The Morgan fingerprint density at radius 3 is 2.60 bits per heavy atom. The minimum atomic E-state index is 0.490. The number of benzene rings is 1. The first-order valence-electron chi connectivity index (χ1n) is 7.62. The van der Waals surface area contributed by atoms with Gasteiger partial charge >= 0.3 is 0 Å². The van der Waals surface area contributed by atoms with Crippen molar-refractivity contribution in [3.8, 4) is 5.75 Å². The molecule has 3 heteroatoms. The standard InChI is InChI=1S/C17H28ClNO/c1-5-10-19-16(8-6-13(2)3)12-14-11-15(18)7-9-17(14)20-4/h7,9,11,13,16,19H,5-6,8,10,12H2,1-4H3. The quantitative estimate of drug-likeness (QED) is 0.713. The lowest BCUT2D eigenvalue weighted by Crippen LogP contribution is -2.32. The Labute approximate surface area is 128 Å². The summed E-state index contributed by atoms with van der Waals surface area (Å²) in [6.45, 7) is 7.81. The summed E-state index contributed by atoms with van der Waals surface area (Å²) in [6, 6.07) is 6.35. The second-order valence-corrected chi connectivity index (χ2v) is 6.22. The molecule has 1 N–H and O–H groups in total. The van der Waals surface area contributed by atoms with Crippen LogP contribution < -0.4 is 10.1 Å². The molecule has 0 radical (unpaired) electrons. The lowest BCUT2D eigenvalue weighted by molar-refractivity contribution is 0.395. The molecular formula is C17H28ClNO. The minimum absolute atomic E-state index is 0.490. The molecular weight excluding hydrogens is 270 g/mol. The zero-order chi connectivity index (χ0) is 15.0. The van der Waals surface area contributed by atoms with Crippen molar-refractivity contribution in [2.45, 2.75) is 52.5 Å². The molecule has 1 rings (SSSR count). The summed E-state index contributed by atoms with van der Waals surface area (Å²) < 4.78 is 5.44. The van der Waals surface area contributed by atoms with Gasteiger partial charge in [0.15, 0.2) is 0 Å². The predicted molar refractivity (Wildman–Crippen MR) is 87.9 cm³/mol. The maximum atomic E-state index is 6.11. The molecule has 0 aromatic heterocycles. The highest BCUT2D eigenvalue weighted by atomic mass is 35.5. The number of nitrogens with one attached hydrogen (secondary N) is 1. The van der Waals surface area contributed by atoms with Crippen molar-refractivity contribution in [1.29, 1.82) is 0 Å². The maximum absolute atomic E-state index is 6.11. The van der Waals surface area contributed by atoms with Gasteiger partial charge in [-0.2, -0.15) is 0 Å². The zero-order valence-corrected chi connectivity index (χ0v) is 14.0. The van der Waals surface area contributed by atoms with E-state index in [2.05, 4.69) is 26.1 Å². The molecule has 20 heavy (non-hydrogen) atoms. The first-order valence-corrected chi connectivity index (χ1v) is 8.00. The Kier molecular flexibility index (Phi) is 8.01. The first-order chi connectivity index (χ1) is 9.56. The minimum Gasteiger partial charge on any atom is -0.496 e. The van der Waals surface area contributed by atoms with E-state index < -0.39 is 0 Å². The monoisotopic (exact) mass is 297 g/mol. The third-order valence-electron chi connectivity index (χ3n) is 3.48. The van der Waals surface area contributed by atoms with E-state index in [1.807, 2.05) is 18.2 Å². The fraction of sp³-hybridized carbons (Fsp3) is 0.647. The average Bonchev–Trinajstić information content (AvgIpc) is 2.42. The van der Waals surface area contributed by atoms with Crippen LogP contribution in [0, 0.1) is 5.92 Å². The highest BCUT2D eigenvalue weighted by molar-refractivity contribution is 6.30. The molecule has 0 aliphatic rings. The topological polar surface area (TPSA) is 21.3 Å². The van der Waals surface area contributed by atoms with Crippen LogP contribution >= 0.6 is 11.6 Å². The van der Waals surface area contributed by atoms with E-state index in [0.717, 1.165) is 36.1 Å². The Morgan fingerprint density at radius 2 is 2.00 bits per heavy atom. The number of halogens is 1. The number of methoxy groups -OCH3 is 1. The molecule has 0 aliphatic heterocycles. The van der Waals surface area contributed by atoms with Gasteiger partial charge in [-0.15, -0.1) is 0 Å². The Bertz CT molecular complexity index is 393. The van der Waals surface area contributed by atoms with Crippen molar-refractivity contribution in [1.82, 2.24) is 5.32 Å². The molecule has 0 heterocycles. The average molecular weight is 298 g/mol. The van der Waals surface area contributed by atoms with Crippen LogP contribution in [-0.4, -0.2) is 19.7 Å². The van der Waals surface area contributed by atoms with Crippen molar-refractivity contribution in [2.24, 2.45) is 5.92 Å². The lowest BCUT2D eigenvalue weighted by Gasteiger charge is -2.21. The second-order valence-electron chi connectivity index (χ2n) is 5.78. The van der Waals surface area contributed by atoms with Crippen LogP contribution in [0.15, 0.2) is 18.2 Å². The highest BCUT2D eigenvalue weighted by Crippen LogP contribution is 2.25.